The van der Waals surface area contributed by atoms with E-state index in [1.165, 1.54) is 11.1 Å². The topological polar surface area (TPSA) is 53.0 Å². The van der Waals surface area contributed by atoms with E-state index in [1.54, 1.807) is 7.11 Å². The molecule has 1 amide bonds. The Morgan fingerprint density at radius 3 is 2.67 bits per heavy atom. The maximum Gasteiger partial charge on any atom is 0.237 e. The summed E-state index contributed by atoms with van der Waals surface area (Å²) in [6, 6.07) is 8.41. The van der Waals surface area contributed by atoms with Gasteiger partial charge in [0, 0.05) is 26.7 Å². The van der Waals surface area contributed by atoms with E-state index in [0.717, 1.165) is 38.9 Å². The van der Waals surface area contributed by atoms with Crippen molar-refractivity contribution in [1.82, 2.24) is 9.80 Å². The fourth-order valence-corrected chi connectivity index (χ4v) is 4.77. The van der Waals surface area contributed by atoms with Gasteiger partial charge < -0.3 is 14.7 Å². The van der Waals surface area contributed by atoms with Crippen molar-refractivity contribution in [2.24, 2.45) is 0 Å². The standard InChI is InChI=1S/C19H26N2O3/c1-24-19-7-6-16(22)10-17(19)21(9-8-19)18(23)13-20-11-14-4-2-3-5-15(14)12-20/h2-5,16-17,22H,6-13H2,1H3/t16-,17+,19-/m1/s1. The summed E-state index contributed by atoms with van der Waals surface area (Å²) in [5, 5.41) is 10.1. The molecule has 130 valence electrons. The number of methoxy groups -OCH3 is 1. The zero-order chi connectivity index (χ0) is 16.7. The van der Waals surface area contributed by atoms with Crippen LogP contribution in [0.15, 0.2) is 24.3 Å². The van der Waals surface area contributed by atoms with Crippen molar-refractivity contribution in [2.75, 3.05) is 20.2 Å². The summed E-state index contributed by atoms with van der Waals surface area (Å²) >= 11 is 0. The van der Waals surface area contributed by atoms with Crippen LogP contribution >= 0.6 is 0 Å². The van der Waals surface area contributed by atoms with Crippen molar-refractivity contribution in [3.63, 3.8) is 0 Å². The number of aliphatic hydroxyl groups excluding tert-OH is 1. The third kappa shape index (κ3) is 2.65. The van der Waals surface area contributed by atoms with Gasteiger partial charge in [-0.15, -0.1) is 0 Å². The largest absolute Gasteiger partial charge is 0.393 e. The minimum Gasteiger partial charge on any atom is -0.393 e. The number of rotatable bonds is 3. The van der Waals surface area contributed by atoms with Crippen LogP contribution in [0.2, 0.25) is 0 Å². The first-order chi connectivity index (χ1) is 11.6. The number of aliphatic hydroxyl groups is 1. The first kappa shape index (κ1) is 16.1. The minimum atomic E-state index is -0.317. The van der Waals surface area contributed by atoms with Gasteiger partial charge in [-0.05, 0) is 36.8 Å². The number of nitrogens with zero attached hydrogens (tertiary/aromatic N) is 2. The van der Waals surface area contributed by atoms with E-state index in [2.05, 4.69) is 29.2 Å². The fraction of sp³-hybridized carbons (Fsp3) is 0.632. The van der Waals surface area contributed by atoms with Crippen molar-refractivity contribution in [1.29, 1.82) is 0 Å². The highest BCUT2D eigenvalue weighted by molar-refractivity contribution is 5.79. The Morgan fingerprint density at radius 2 is 2.00 bits per heavy atom. The Bertz CT molecular complexity index is 610. The molecule has 1 aromatic rings. The number of hydrogen-bond donors (Lipinski definition) is 1. The lowest BCUT2D eigenvalue weighted by Gasteiger charge is -2.42. The Labute approximate surface area is 143 Å². The molecule has 0 aromatic heterocycles. The Balaban J connectivity index is 1.44. The van der Waals surface area contributed by atoms with Crippen molar-refractivity contribution < 1.29 is 14.6 Å². The average molecular weight is 330 g/mol. The van der Waals surface area contributed by atoms with Crippen LogP contribution in [0.1, 0.15) is 36.8 Å². The quantitative estimate of drug-likeness (QED) is 0.913. The molecule has 0 radical (unpaired) electrons. The molecule has 2 fully saturated rings. The second-order valence-corrected chi connectivity index (χ2v) is 7.46. The molecule has 3 atom stereocenters. The van der Waals surface area contributed by atoms with E-state index >= 15 is 0 Å². The van der Waals surface area contributed by atoms with Crippen LogP contribution in [0.3, 0.4) is 0 Å². The summed E-state index contributed by atoms with van der Waals surface area (Å²) in [7, 11) is 1.75. The molecule has 5 heteroatoms. The number of fused-ring (bicyclic) bond motifs is 2. The number of hydrogen-bond acceptors (Lipinski definition) is 4. The van der Waals surface area contributed by atoms with Crippen LogP contribution in [0, 0.1) is 0 Å². The van der Waals surface area contributed by atoms with E-state index < -0.39 is 0 Å². The molecule has 1 aliphatic carbocycles. The summed E-state index contributed by atoms with van der Waals surface area (Å²) in [5.41, 5.74) is 2.40. The van der Waals surface area contributed by atoms with Crippen molar-refractivity contribution in [3.05, 3.63) is 35.4 Å². The number of amides is 1. The van der Waals surface area contributed by atoms with Gasteiger partial charge in [0.2, 0.25) is 5.91 Å². The minimum absolute atomic E-state index is 0.0173. The highest BCUT2D eigenvalue weighted by Gasteiger charge is 2.52. The number of carbonyl (C=O) groups excluding carboxylic acids is 1. The first-order valence-corrected chi connectivity index (χ1v) is 8.93. The predicted molar refractivity (Wildman–Crippen MR) is 90.3 cm³/mol. The van der Waals surface area contributed by atoms with Gasteiger partial charge in [-0.3, -0.25) is 9.69 Å². The van der Waals surface area contributed by atoms with Crippen LogP contribution in [0.5, 0.6) is 0 Å². The Morgan fingerprint density at radius 1 is 1.29 bits per heavy atom. The number of likely N-dealkylation sites (tertiary alicyclic amines) is 1. The van der Waals surface area contributed by atoms with E-state index in [9.17, 15) is 9.90 Å². The van der Waals surface area contributed by atoms with E-state index in [-0.39, 0.29) is 23.7 Å². The third-order valence-corrected chi connectivity index (χ3v) is 6.15. The highest BCUT2D eigenvalue weighted by Crippen LogP contribution is 2.42. The second kappa shape index (κ2) is 6.14. The summed E-state index contributed by atoms with van der Waals surface area (Å²) in [6.07, 6.45) is 2.82. The van der Waals surface area contributed by atoms with Gasteiger partial charge in [-0.1, -0.05) is 24.3 Å². The molecule has 4 rings (SSSR count). The van der Waals surface area contributed by atoms with Gasteiger partial charge in [0.1, 0.15) is 0 Å². The zero-order valence-electron chi connectivity index (χ0n) is 14.3. The van der Waals surface area contributed by atoms with Gasteiger partial charge in [-0.2, -0.15) is 0 Å². The summed E-state index contributed by atoms with van der Waals surface area (Å²) in [6.45, 7) is 2.88. The number of carbonyl (C=O) groups is 1. The van der Waals surface area contributed by atoms with Crippen LogP contribution in [-0.2, 0) is 22.6 Å². The zero-order valence-corrected chi connectivity index (χ0v) is 14.3. The fourth-order valence-electron chi connectivity index (χ4n) is 4.77. The van der Waals surface area contributed by atoms with Crippen LogP contribution < -0.4 is 0 Å². The molecule has 0 bridgehead atoms. The molecule has 2 heterocycles. The molecule has 1 N–H and O–H groups in total. The molecule has 3 aliphatic rings. The second-order valence-electron chi connectivity index (χ2n) is 7.46. The molecule has 1 saturated heterocycles. The van der Waals surface area contributed by atoms with Crippen LogP contribution in [-0.4, -0.2) is 58.8 Å². The first-order valence-electron chi connectivity index (χ1n) is 8.93. The van der Waals surface area contributed by atoms with E-state index in [4.69, 9.17) is 4.74 Å². The van der Waals surface area contributed by atoms with Gasteiger partial charge in [-0.25, -0.2) is 0 Å². The molecule has 1 aromatic carbocycles. The average Bonchev–Trinajstić information content (AvgIpc) is 3.15. The molecule has 2 aliphatic heterocycles. The van der Waals surface area contributed by atoms with Gasteiger partial charge in [0.25, 0.3) is 0 Å². The maximum absolute atomic E-state index is 12.9. The molecule has 1 saturated carbocycles. The van der Waals surface area contributed by atoms with E-state index in [0.29, 0.717) is 13.0 Å². The van der Waals surface area contributed by atoms with E-state index in [1.807, 2.05) is 4.90 Å². The predicted octanol–water partition coefficient (Wildman–Crippen LogP) is 1.53. The number of ether oxygens (including phenoxy) is 1. The normalized spacial score (nSPS) is 32.7. The van der Waals surface area contributed by atoms with Gasteiger partial charge >= 0.3 is 0 Å². The molecule has 0 unspecified atom stereocenters. The third-order valence-electron chi connectivity index (χ3n) is 6.15. The Hall–Kier alpha value is -1.43. The molecule has 0 spiro atoms. The lowest BCUT2D eigenvalue weighted by Crippen LogP contribution is -2.54. The van der Waals surface area contributed by atoms with Crippen LogP contribution in [0.25, 0.3) is 0 Å². The Kier molecular flexibility index (Phi) is 4.11. The van der Waals surface area contributed by atoms with Crippen LogP contribution in [0.4, 0.5) is 0 Å². The molecule has 24 heavy (non-hydrogen) atoms. The maximum atomic E-state index is 12.9. The molecule has 5 nitrogen and oxygen atoms in total. The summed E-state index contributed by atoms with van der Waals surface area (Å²) < 4.78 is 5.83. The highest BCUT2D eigenvalue weighted by atomic mass is 16.5. The lowest BCUT2D eigenvalue weighted by atomic mass is 9.79. The molecular weight excluding hydrogens is 304 g/mol. The summed E-state index contributed by atoms with van der Waals surface area (Å²) in [4.78, 5) is 17.1. The van der Waals surface area contributed by atoms with Crippen molar-refractivity contribution in [3.8, 4) is 0 Å². The SMILES string of the molecule is CO[C@@]12CC[C@@H](O)C[C@@H]1N(C(=O)CN1Cc3ccccc3C1)CC2. The van der Waals surface area contributed by atoms with Gasteiger partial charge in [0.05, 0.1) is 24.3 Å². The monoisotopic (exact) mass is 330 g/mol. The molecular formula is C19H26N2O3. The smallest absolute Gasteiger partial charge is 0.237 e. The lowest BCUT2D eigenvalue weighted by molar-refractivity contribution is -0.141. The van der Waals surface area contributed by atoms with Crippen molar-refractivity contribution >= 4 is 5.91 Å². The summed E-state index contributed by atoms with van der Waals surface area (Å²) in [5.74, 6) is 0.167. The number of benzene rings is 1. The van der Waals surface area contributed by atoms with Gasteiger partial charge in [0.15, 0.2) is 0 Å². The van der Waals surface area contributed by atoms with Crippen molar-refractivity contribution in [2.45, 2.75) is 56.5 Å².